The van der Waals surface area contributed by atoms with Crippen molar-refractivity contribution in [2.75, 3.05) is 24.3 Å². The Morgan fingerprint density at radius 3 is 2.80 bits per heavy atom. The molecular formula is C15H17N3O2. The van der Waals surface area contributed by atoms with Crippen LogP contribution in [0.2, 0.25) is 0 Å². The van der Waals surface area contributed by atoms with Gasteiger partial charge >= 0.3 is 0 Å². The summed E-state index contributed by atoms with van der Waals surface area (Å²) in [6, 6.07) is 8.78. The minimum atomic E-state index is -0.223. The third-order valence-corrected chi connectivity index (χ3v) is 2.91. The standard InChI is InChI=1S/C15H17N3O2/c1-3-20-13-8-4-7-12(16)14(13)15(19)18(2)11-6-5-9-17-10-11/h4-10H,3,16H2,1-2H3. The van der Waals surface area contributed by atoms with Crippen molar-refractivity contribution in [3.05, 3.63) is 48.3 Å². The second kappa shape index (κ2) is 6.06. The van der Waals surface area contributed by atoms with Gasteiger partial charge in [0.05, 0.1) is 18.5 Å². The number of amides is 1. The number of nitrogen functional groups attached to an aromatic ring is 1. The smallest absolute Gasteiger partial charge is 0.263 e. The summed E-state index contributed by atoms with van der Waals surface area (Å²) in [4.78, 5) is 18.1. The summed E-state index contributed by atoms with van der Waals surface area (Å²) >= 11 is 0. The topological polar surface area (TPSA) is 68.5 Å². The Morgan fingerprint density at radius 1 is 1.35 bits per heavy atom. The summed E-state index contributed by atoms with van der Waals surface area (Å²) < 4.78 is 5.48. The van der Waals surface area contributed by atoms with Crippen molar-refractivity contribution in [2.45, 2.75) is 6.92 Å². The van der Waals surface area contributed by atoms with Crippen molar-refractivity contribution in [3.8, 4) is 5.75 Å². The van der Waals surface area contributed by atoms with Crippen molar-refractivity contribution in [1.29, 1.82) is 0 Å². The third-order valence-electron chi connectivity index (χ3n) is 2.91. The van der Waals surface area contributed by atoms with Crippen LogP contribution in [-0.4, -0.2) is 24.5 Å². The number of carbonyl (C=O) groups excluding carboxylic acids is 1. The molecule has 0 aliphatic heterocycles. The predicted octanol–water partition coefficient (Wildman–Crippen LogP) is 2.34. The Labute approximate surface area is 118 Å². The number of benzene rings is 1. The van der Waals surface area contributed by atoms with Gasteiger partial charge in [0.15, 0.2) is 0 Å². The molecule has 5 heteroatoms. The van der Waals surface area contributed by atoms with Gasteiger partial charge in [-0.25, -0.2) is 0 Å². The summed E-state index contributed by atoms with van der Waals surface area (Å²) in [5.41, 5.74) is 7.40. The van der Waals surface area contributed by atoms with Gasteiger partial charge in [0, 0.05) is 18.9 Å². The Bertz CT molecular complexity index is 599. The van der Waals surface area contributed by atoms with E-state index in [1.165, 1.54) is 4.90 Å². The summed E-state index contributed by atoms with van der Waals surface area (Å²) in [7, 11) is 1.68. The van der Waals surface area contributed by atoms with E-state index in [0.29, 0.717) is 29.3 Å². The Balaban J connectivity index is 2.38. The molecule has 0 saturated carbocycles. The molecule has 104 valence electrons. The normalized spacial score (nSPS) is 10.1. The maximum atomic E-state index is 12.6. The molecule has 0 fully saturated rings. The molecule has 5 nitrogen and oxygen atoms in total. The van der Waals surface area contributed by atoms with E-state index in [-0.39, 0.29) is 5.91 Å². The van der Waals surface area contributed by atoms with Crippen LogP contribution in [0.1, 0.15) is 17.3 Å². The van der Waals surface area contributed by atoms with E-state index in [9.17, 15) is 4.79 Å². The first-order chi connectivity index (χ1) is 9.65. The van der Waals surface area contributed by atoms with Crippen molar-refractivity contribution in [1.82, 2.24) is 4.98 Å². The van der Waals surface area contributed by atoms with Gasteiger partial charge in [-0.15, -0.1) is 0 Å². The molecule has 0 atom stereocenters. The number of nitrogens with zero attached hydrogens (tertiary/aromatic N) is 2. The Hall–Kier alpha value is -2.56. The third kappa shape index (κ3) is 2.71. The van der Waals surface area contributed by atoms with E-state index >= 15 is 0 Å². The second-order valence-electron chi connectivity index (χ2n) is 4.23. The lowest BCUT2D eigenvalue weighted by Crippen LogP contribution is -2.27. The SMILES string of the molecule is CCOc1cccc(N)c1C(=O)N(C)c1cccnc1. The zero-order valence-corrected chi connectivity index (χ0v) is 11.5. The van der Waals surface area contributed by atoms with Gasteiger partial charge in [0.1, 0.15) is 11.3 Å². The number of ether oxygens (including phenoxy) is 1. The van der Waals surface area contributed by atoms with E-state index in [4.69, 9.17) is 10.5 Å². The minimum absolute atomic E-state index is 0.223. The number of carbonyl (C=O) groups is 1. The number of rotatable bonds is 4. The molecule has 0 unspecified atom stereocenters. The highest BCUT2D eigenvalue weighted by Gasteiger charge is 2.20. The molecule has 0 radical (unpaired) electrons. The number of pyridine rings is 1. The highest BCUT2D eigenvalue weighted by molar-refractivity contribution is 6.10. The van der Waals surface area contributed by atoms with E-state index in [0.717, 1.165) is 0 Å². The lowest BCUT2D eigenvalue weighted by Gasteiger charge is -2.19. The first-order valence-electron chi connectivity index (χ1n) is 6.34. The van der Waals surface area contributed by atoms with E-state index in [1.807, 2.05) is 13.0 Å². The van der Waals surface area contributed by atoms with Crippen LogP contribution in [0.5, 0.6) is 5.75 Å². The molecule has 2 rings (SSSR count). The van der Waals surface area contributed by atoms with Gasteiger partial charge in [0.25, 0.3) is 5.91 Å². The van der Waals surface area contributed by atoms with Gasteiger partial charge < -0.3 is 15.4 Å². The van der Waals surface area contributed by atoms with Crippen LogP contribution in [0.25, 0.3) is 0 Å². The van der Waals surface area contributed by atoms with Gasteiger partial charge in [-0.1, -0.05) is 6.07 Å². The highest BCUT2D eigenvalue weighted by atomic mass is 16.5. The van der Waals surface area contributed by atoms with Crippen molar-refractivity contribution < 1.29 is 9.53 Å². The van der Waals surface area contributed by atoms with Crippen LogP contribution < -0.4 is 15.4 Å². The highest BCUT2D eigenvalue weighted by Crippen LogP contribution is 2.27. The van der Waals surface area contributed by atoms with E-state index in [1.54, 1.807) is 43.7 Å². The average Bonchev–Trinajstić information content (AvgIpc) is 2.47. The van der Waals surface area contributed by atoms with Crippen LogP contribution in [0.4, 0.5) is 11.4 Å². The Kier molecular flexibility index (Phi) is 4.20. The van der Waals surface area contributed by atoms with E-state index in [2.05, 4.69) is 4.98 Å². The number of hydrogen-bond acceptors (Lipinski definition) is 4. The van der Waals surface area contributed by atoms with Crippen LogP contribution >= 0.6 is 0 Å². The number of hydrogen-bond donors (Lipinski definition) is 1. The largest absolute Gasteiger partial charge is 0.493 e. The first kappa shape index (κ1) is 13.9. The quantitative estimate of drug-likeness (QED) is 0.867. The molecule has 1 aromatic heterocycles. The lowest BCUT2D eigenvalue weighted by atomic mass is 10.1. The number of aromatic nitrogens is 1. The van der Waals surface area contributed by atoms with Crippen molar-refractivity contribution in [3.63, 3.8) is 0 Å². The monoisotopic (exact) mass is 271 g/mol. The average molecular weight is 271 g/mol. The zero-order valence-electron chi connectivity index (χ0n) is 11.5. The minimum Gasteiger partial charge on any atom is -0.493 e. The zero-order chi connectivity index (χ0) is 14.5. The maximum Gasteiger partial charge on any atom is 0.263 e. The van der Waals surface area contributed by atoms with E-state index < -0.39 is 0 Å². The Morgan fingerprint density at radius 2 is 2.15 bits per heavy atom. The fourth-order valence-corrected chi connectivity index (χ4v) is 1.89. The molecule has 0 aliphatic carbocycles. The van der Waals surface area contributed by atoms with Crippen molar-refractivity contribution in [2.24, 2.45) is 0 Å². The van der Waals surface area contributed by atoms with Crippen LogP contribution in [0.15, 0.2) is 42.7 Å². The molecular weight excluding hydrogens is 254 g/mol. The molecule has 2 aromatic rings. The van der Waals surface area contributed by atoms with Crippen molar-refractivity contribution >= 4 is 17.3 Å². The molecule has 0 aliphatic rings. The molecule has 1 aromatic carbocycles. The summed E-state index contributed by atoms with van der Waals surface area (Å²) in [5, 5.41) is 0. The predicted molar refractivity (Wildman–Crippen MR) is 79.0 cm³/mol. The summed E-state index contributed by atoms with van der Waals surface area (Å²) in [6.45, 7) is 2.34. The fraction of sp³-hybridized carbons (Fsp3) is 0.200. The van der Waals surface area contributed by atoms with Gasteiger partial charge in [-0.2, -0.15) is 0 Å². The summed E-state index contributed by atoms with van der Waals surface area (Å²) in [5.74, 6) is 0.271. The second-order valence-corrected chi connectivity index (χ2v) is 4.23. The molecule has 20 heavy (non-hydrogen) atoms. The first-order valence-corrected chi connectivity index (χ1v) is 6.34. The lowest BCUT2D eigenvalue weighted by molar-refractivity contribution is 0.0990. The van der Waals surface area contributed by atoms with Gasteiger partial charge in [-0.05, 0) is 31.2 Å². The molecule has 2 N–H and O–H groups in total. The van der Waals surface area contributed by atoms with Crippen LogP contribution in [-0.2, 0) is 0 Å². The van der Waals surface area contributed by atoms with Gasteiger partial charge in [-0.3, -0.25) is 9.78 Å². The molecule has 0 spiro atoms. The van der Waals surface area contributed by atoms with Gasteiger partial charge in [0.2, 0.25) is 0 Å². The summed E-state index contributed by atoms with van der Waals surface area (Å²) in [6.07, 6.45) is 3.28. The molecule has 0 saturated heterocycles. The van der Waals surface area contributed by atoms with Crippen LogP contribution in [0, 0.1) is 0 Å². The van der Waals surface area contributed by atoms with Crippen LogP contribution in [0.3, 0.4) is 0 Å². The molecule has 1 amide bonds. The fourth-order valence-electron chi connectivity index (χ4n) is 1.89. The number of nitrogens with two attached hydrogens (primary N) is 1. The molecule has 0 bridgehead atoms. The number of anilines is 2. The molecule has 1 heterocycles. The maximum absolute atomic E-state index is 12.6.